The van der Waals surface area contributed by atoms with Gasteiger partial charge in [0, 0.05) is 12.1 Å². The zero-order valence-corrected chi connectivity index (χ0v) is 18.8. The van der Waals surface area contributed by atoms with Gasteiger partial charge in [0.05, 0.1) is 5.25 Å². The molecule has 0 saturated heterocycles. The van der Waals surface area contributed by atoms with Crippen LogP contribution in [0, 0.1) is 0 Å². The number of hydrogen-bond acceptors (Lipinski definition) is 5. The number of amides is 1. The molecule has 0 bridgehead atoms. The van der Waals surface area contributed by atoms with Gasteiger partial charge in [0.2, 0.25) is 11.8 Å². The molecule has 3 atom stereocenters. The Hall–Kier alpha value is -2.60. The van der Waals surface area contributed by atoms with Gasteiger partial charge in [-0.2, -0.15) is 0 Å². The number of rotatable bonds is 9. The number of hydrogen-bond donors (Lipinski definition) is 1. The maximum atomic E-state index is 12.7. The van der Waals surface area contributed by atoms with E-state index in [1.165, 1.54) is 17.3 Å². The second-order valence-electron chi connectivity index (χ2n) is 7.62. The summed E-state index contributed by atoms with van der Waals surface area (Å²) in [6, 6.07) is 18.2. The smallest absolute Gasteiger partial charge is 0.277 e. The van der Waals surface area contributed by atoms with Crippen LogP contribution in [-0.2, 0) is 11.2 Å². The lowest BCUT2D eigenvalue weighted by atomic mass is 9.97. The van der Waals surface area contributed by atoms with Gasteiger partial charge in [0.25, 0.3) is 5.22 Å². The quantitative estimate of drug-likeness (QED) is 0.424. The van der Waals surface area contributed by atoms with Crippen LogP contribution in [0.2, 0.25) is 0 Å². The first-order valence-corrected chi connectivity index (χ1v) is 11.3. The third kappa shape index (κ3) is 5.72. The maximum absolute atomic E-state index is 12.7. The fraction of sp³-hybridized carbons (Fsp3) is 0.375. The summed E-state index contributed by atoms with van der Waals surface area (Å²) in [7, 11) is 0. The Kier molecular flexibility index (Phi) is 7.69. The van der Waals surface area contributed by atoms with Crippen molar-refractivity contribution in [3.8, 4) is 0 Å². The summed E-state index contributed by atoms with van der Waals surface area (Å²) in [5.74, 6) is 1.17. The van der Waals surface area contributed by atoms with Gasteiger partial charge in [-0.3, -0.25) is 4.79 Å². The number of benzene rings is 2. The SMILES string of the molecule is CCC(C)c1ccccc1NC(=O)C(C)Sc1nnc(CC(C)c2ccccc2)o1. The van der Waals surface area contributed by atoms with Crippen LogP contribution in [0.4, 0.5) is 5.69 Å². The van der Waals surface area contributed by atoms with E-state index in [2.05, 4.69) is 54.5 Å². The Bertz CT molecular complexity index is 958. The first-order chi connectivity index (χ1) is 14.5. The average molecular weight is 424 g/mol. The molecule has 0 saturated carbocycles. The van der Waals surface area contributed by atoms with Crippen molar-refractivity contribution in [2.45, 2.75) is 62.8 Å². The molecule has 0 aliphatic rings. The zero-order valence-electron chi connectivity index (χ0n) is 18.0. The lowest BCUT2D eigenvalue weighted by Gasteiger charge is -2.17. The van der Waals surface area contributed by atoms with E-state index in [-0.39, 0.29) is 17.1 Å². The highest BCUT2D eigenvalue weighted by Crippen LogP contribution is 2.29. The van der Waals surface area contributed by atoms with E-state index in [0.717, 1.165) is 17.7 Å². The Morgan fingerprint density at radius 1 is 1.00 bits per heavy atom. The highest BCUT2D eigenvalue weighted by molar-refractivity contribution is 8.00. The summed E-state index contributed by atoms with van der Waals surface area (Å²) in [6.45, 7) is 8.30. The van der Waals surface area contributed by atoms with E-state index in [0.29, 0.717) is 23.5 Å². The first-order valence-electron chi connectivity index (χ1n) is 10.4. The molecule has 0 aliphatic carbocycles. The molecule has 158 valence electrons. The number of thioether (sulfide) groups is 1. The minimum atomic E-state index is -0.352. The molecule has 30 heavy (non-hydrogen) atoms. The maximum Gasteiger partial charge on any atom is 0.277 e. The van der Waals surface area contributed by atoms with Crippen molar-refractivity contribution in [3.05, 3.63) is 71.6 Å². The summed E-state index contributed by atoms with van der Waals surface area (Å²) in [5.41, 5.74) is 3.25. The summed E-state index contributed by atoms with van der Waals surface area (Å²) in [6.07, 6.45) is 1.68. The van der Waals surface area contributed by atoms with Crippen LogP contribution in [0.3, 0.4) is 0 Å². The van der Waals surface area contributed by atoms with Crippen molar-refractivity contribution >= 4 is 23.4 Å². The fourth-order valence-electron chi connectivity index (χ4n) is 3.23. The lowest BCUT2D eigenvalue weighted by molar-refractivity contribution is -0.115. The standard InChI is InChI=1S/C24H29N3O2S/c1-5-16(2)20-13-9-10-14-21(20)25-23(28)18(4)30-24-27-26-22(29-24)15-17(3)19-11-7-6-8-12-19/h6-14,16-18H,5,15H2,1-4H3,(H,25,28). The minimum absolute atomic E-state index is 0.0758. The molecule has 2 aromatic carbocycles. The molecule has 1 N–H and O–H groups in total. The van der Waals surface area contributed by atoms with E-state index >= 15 is 0 Å². The van der Waals surface area contributed by atoms with Crippen LogP contribution < -0.4 is 5.32 Å². The first kappa shape index (κ1) is 22.1. The van der Waals surface area contributed by atoms with Crippen molar-refractivity contribution in [3.63, 3.8) is 0 Å². The van der Waals surface area contributed by atoms with Crippen LogP contribution in [0.15, 0.2) is 64.2 Å². The van der Waals surface area contributed by atoms with Crippen molar-refractivity contribution < 1.29 is 9.21 Å². The average Bonchev–Trinajstić information content (AvgIpc) is 3.20. The van der Waals surface area contributed by atoms with Gasteiger partial charge in [-0.15, -0.1) is 10.2 Å². The molecule has 1 aromatic heterocycles. The summed E-state index contributed by atoms with van der Waals surface area (Å²) in [5, 5.41) is 11.4. The van der Waals surface area contributed by atoms with Gasteiger partial charge in [0.1, 0.15) is 0 Å². The minimum Gasteiger partial charge on any atom is -0.416 e. The molecular weight excluding hydrogens is 394 g/mol. The highest BCUT2D eigenvalue weighted by Gasteiger charge is 2.20. The second-order valence-corrected chi connectivity index (χ2v) is 8.92. The van der Waals surface area contributed by atoms with E-state index in [9.17, 15) is 4.79 Å². The van der Waals surface area contributed by atoms with Gasteiger partial charge >= 0.3 is 0 Å². The van der Waals surface area contributed by atoms with Crippen molar-refractivity contribution in [1.29, 1.82) is 0 Å². The second kappa shape index (κ2) is 10.4. The van der Waals surface area contributed by atoms with Gasteiger partial charge in [-0.25, -0.2) is 0 Å². The molecule has 5 nitrogen and oxygen atoms in total. The number of carbonyl (C=O) groups is 1. The molecule has 0 fully saturated rings. The molecule has 3 unspecified atom stereocenters. The van der Waals surface area contributed by atoms with Gasteiger partial charge in [-0.05, 0) is 42.4 Å². The predicted molar refractivity (Wildman–Crippen MR) is 122 cm³/mol. The van der Waals surface area contributed by atoms with Crippen LogP contribution in [0.25, 0.3) is 0 Å². The normalized spacial score (nSPS) is 14.1. The lowest BCUT2D eigenvalue weighted by Crippen LogP contribution is -2.23. The number of para-hydroxylation sites is 1. The molecular formula is C24H29N3O2S. The third-order valence-corrected chi connectivity index (χ3v) is 6.24. The van der Waals surface area contributed by atoms with E-state index in [1.54, 1.807) is 0 Å². The Labute approximate surface area is 182 Å². The fourth-order valence-corrected chi connectivity index (χ4v) is 3.93. The predicted octanol–water partition coefficient (Wildman–Crippen LogP) is 6.05. The Morgan fingerprint density at radius 2 is 1.70 bits per heavy atom. The monoisotopic (exact) mass is 423 g/mol. The largest absolute Gasteiger partial charge is 0.416 e. The number of nitrogens with zero attached hydrogens (tertiary/aromatic N) is 2. The summed E-state index contributed by atoms with van der Waals surface area (Å²) in [4.78, 5) is 12.7. The van der Waals surface area contributed by atoms with Crippen LogP contribution in [0.1, 0.15) is 63.0 Å². The van der Waals surface area contributed by atoms with Crippen LogP contribution in [0.5, 0.6) is 0 Å². The third-order valence-electron chi connectivity index (χ3n) is 5.31. The molecule has 0 spiro atoms. The number of carbonyl (C=O) groups excluding carboxylic acids is 1. The van der Waals surface area contributed by atoms with Gasteiger partial charge < -0.3 is 9.73 Å². The molecule has 1 heterocycles. The zero-order chi connectivity index (χ0) is 21.5. The van der Waals surface area contributed by atoms with Gasteiger partial charge in [-0.1, -0.05) is 81.1 Å². The topological polar surface area (TPSA) is 68.0 Å². The number of aromatic nitrogens is 2. The van der Waals surface area contributed by atoms with Crippen LogP contribution in [-0.4, -0.2) is 21.4 Å². The number of anilines is 1. The Morgan fingerprint density at radius 3 is 2.43 bits per heavy atom. The Balaban J connectivity index is 1.59. The van der Waals surface area contributed by atoms with E-state index in [4.69, 9.17) is 4.42 Å². The molecule has 6 heteroatoms. The van der Waals surface area contributed by atoms with E-state index in [1.807, 2.05) is 43.3 Å². The highest BCUT2D eigenvalue weighted by atomic mass is 32.2. The molecule has 0 radical (unpaired) electrons. The molecule has 1 amide bonds. The summed E-state index contributed by atoms with van der Waals surface area (Å²) < 4.78 is 5.79. The molecule has 3 aromatic rings. The van der Waals surface area contributed by atoms with Crippen LogP contribution >= 0.6 is 11.8 Å². The number of nitrogens with one attached hydrogen (secondary N) is 1. The van der Waals surface area contributed by atoms with Gasteiger partial charge in [0.15, 0.2) is 0 Å². The molecule has 3 rings (SSSR count). The van der Waals surface area contributed by atoms with E-state index < -0.39 is 0 Å². The van der Waals surface area contributed by atoms with Crippen molar-refractivity contribution in [2.24, 2.45) is 0 Å². The summed E-state index contributed by atoms with van der Waals surface area (Å²) >= 11 is 1.28. The van der Waals surface area contributed by atoms with Crippen molar-refractivity contribution in [2.75, 3.05) is 5.32 Å². The molecule has 0 aliphatic heterocycles. The van der Waals surface area contributed by atoms with Crippen molar-refractivity contribution in [1.82, 2.24) is 10.2 Å².